The number of hydrogen-bond donors (Lipinski definition) is 1. The zero-order chi connectivity index (χ0) is 21.0. The van der Waals surface area contributed by atoms with Gasteiger partial charge in [-0.3, -0.25) is 0 Å². The number of hydrogen-bond acceptors (Lipinski definition) is 3. The van der Waals surface area contributed by atoms with Crippen LogP contribution in [0, 0.1) is 5.82 Å². The molecule has 0 saturated carbocycles. The van der Waals surface area contributed by atoms with Crippen LogP contribution in [0.2, 0.25) is 20.1 Å². The summed E-state index contributed by atoms with van der Waals surface area (Å²) in [5.74, 6) is 0.554. The van der Waals surface area contributed by atoms with Crippen LogP contribution in [0.1, 0.15) is 11.1 Å². The molecule has 0 fully saturated rings. The Kier molecular flexibility index (Phi) is 7.36. The van der Waals surface area contributed by atoms with E-state index in [4.69, 9.17) is 55.9 Å². The lowest BCUT2D eigenvalue weighted by Gasteiger charge is -2.15. The molecule has 29 heavy (non-hydrogen) atoms. The summed E-state index contributed by atoms with van der Waals surface area (Å²) in [6, 6.07) is 12.8. The number of halogens is 5. The summed E-state index contributed by atoms with van der Waals surface area (Å²) in [5, 5.41) is 5.07. The second-order valence-electron chi connectivity index (χ2n) is 6.13. The van der Waals surface area contributed by atoms with Crippen molar-refractivity contribution in [1.82, 2.24) is 0 Å². The molecule has 8 heteroatoms. The zero-order valence-electron chi connectivity index (χ0n) is 15.2. The van der Waals surface area contributed by atoms with Crippen LogP contribution in [0.4, 0.5) is 10.1 Å². The fraction of sp³-hybridized carbons (Fsp3) is 0.143. The smallest absolute Gasteiger partial charge is 0.163 e. The van der Waals surface area contributed by atoms with Crippen LogP contribution in [-0.2, 0) is 13.2 Å². The van der Waals surface area contributed by atoms with Crippen LogP contribution in [0.3, 0.4) is 0 Å². The van der Waals surface area contributed by atoms with E-state index < -0.39 is 5.82 Å². The fourth-order valence-electron chi connectivity index (χ4n) is 2.63. The molecule has 152 valence electrons. The van der Waals surface area contributed by atoms with E-state index in [0.29, 0.717) is 38.7 Å². The van der Waals surface area contributed by atoms with Crippen LogP contribution >= 0.6 is 46.4 Å². The minimum atomic E-state index is -0.405. The Morgan fingerprint density at radius 2 is 1.52 bits per heavy atom. The molecule has 0 saturated heterocycles. The highest BCUT2D eigenvalue weighted by atomic mass is 35.5. The Balaban J connectivity index is 1.74. The third-order valence-electron chi connectivity index (χ3n) is 4.08. The molecule has 0 aliphatic carbocycles. The van der Waals surface area contributed by atoms with Crippen molar-refractivity contribution in [2.75, 3.05) is 12.4 Å². The van der Waals surface area contributed by atoms with Gasteiger partial charge in [0.2, 0.25) is 0 Å². The van der Waals surface area contributed by atoms with E-state index in [1.165, 1.54) is 19.2 Å². The molecule has 3 nitrogen and oxygen atoms in total. The minimum absolute atomic E-state index is 0.143. The highest BCUT2D eigenvalue weighted by molar-refractivity contribution is 6.35. The van der Waals surface area contributed by atoms with Crippen LogP contribution in [0.15, 0.2) is 48.5 Å². The van der Waals surface area contributed by atoms with E-state index >= 15 is 0 Å². The van der Waals surface area contributed by atoms with E-state index in [9.17, 15) is 4.39 Å². The van der Waals surface area contributed by atoms with Gasteiger partial charge in [-0.1, -0.05) is 52.5 Å². The Labute approximate surface area is 188 Å². The third kappa shape index (κ3) is 5.83. The van der Waals surface area contributed by atoms with E-state index in [1.807, 2.05) is 0 Å². The zero-order valence-corrected chi connectivity index (χ0v) is 18.3. The van der Waals surface area contributed by atoms with Gasteiger partial charge in [0.05, 0.1) is 12.1 Å². The van der Waals surface area contributed by atoms with Gasteiger partial charge in [0.1, 0.15) is 12.4 Å². The van der Waals surface area contributed by atoms with Crippen LogP contribution in [-0.4, -0.2) is 7.11 Å². The maximum absolute atomic E-state index is 13.2. The molecule has 0 amide bonds. The van der Waals surface area contributed by atoms with Crippen LogP contribution < -0.4 is 14.8 Å². The van der Waals surface area contributed by atoms with Gasteiger partial charge in [0.15, 0.2) is 11.5 Å². The van der Waals surface area contributed by atoms with Crippen LogP contribution in [0.25, 0.3) is 0 Å². The molecule has 3 aromatic rings. The predicted molar refractivity (Wildman–Crippen MR) is 118 cm³/mol. The number of anilines is 1. The molecule has 0 atom stereocenters. The lowest BCUT2D eigenvalue weighted by Crippen LogP contribution is -2.03. The average molecular weight is 475 g/mol. The van der Waals surface area contributed by atoms with Crippen molar-refractivity contribution in [3.63, 3.8) is 0 Å². The van der Waals surface area contributed by atoms with Crippen LogP contribution in [0.5, 0.6) is 11.5 Å². The minimum Gasteiger partial charge on any atom is -0.493 e. The number of nitrogens with one attached hydrogen (secondary N) is 1. The molecule has 3 aromatic carbocycles. The molecule has 0 aromatic heterocycles. The number of rotatable bonds is 7. The van der Waals surface area contributed by atoms with Crippen molar-refractivity contribution in [3.05, 3.63) is 85.6 Å². The molecule has 0 spiro atoms. The second kappa shape index (κ2) is 9.77. The molecule has 0 bridgehead atoms. The molecule has 0 radical (unpaired) electrons. The fourth-order valence-corrected chi connectivity index (χ4v) is 3.60. The standard InChI is InChI=1S/C21H16Cl4FNO2/c1-28-20-4-13(10-27-17-6-14(22)5-15(23)7-17)19(25)9-21(20)29-11-12-2-3-16(26)8-18(12)24/h2-9,27H,10-11H2,1H3. The van der Waals surface area contributed by atoms with Crippen molar-refractivity contribution in [1.29, 1.82) is 0 Å². The highest BCUT2D eigenvalue weighted by Crippen LogP contribution is 2.35. The normalized spacial score (nSPS) is 10.7. The summed E-state index contributed by atoms with van der Waals surface area (Å²) in [6.45, 7) is 0.570. The van der Waals surface area contributed by atoms with Gasteiger partial charge in [-0.2, -0.15) is 0 Å². The average Bonchev–Trinajstić information content (AvgIpc) is 2.65. The summed E-state index contributed by atoms with van der Waals surface area (Å²) in [4.78, 5) is 0. The molecule has 1 N–H and O–H groups in total. The van der Waals surface area contributed by atoms with Gasteiger partial charge in [-0.05, 0) is 42.0 Å². The number of ether oxygens (including phenoxy) is 2. The predicted octanol–water partition coefficient (Wildman–Crippen LogP) is 7.64. The van der Waals surface area contributed by atoms with Gasteiger partial charge in [-0.15, -0.1) is 0 Å². The Morgan fingerprint density at radius 1 is 0.828 bits per heavy atom. The van der Waals surface area contributed by atoms with Gasteiger partial charge in [0.25, 0.3) is 0 Å². The first kappa shape index (κ1) is 21.8. The van der Waals surface area contributed by atoms with Gasteiger partial charge in [0, 0.05) is 38.9 Å². The monoisotopic (exact) mass is 473 g/mol. The topological polar surface area (TPSA) is 30.5 Å². The lowest BCUT2D eigenvalue weighted by molar-refractivity contribution is 0.284. The summed E-state index contributed by atoms with van der Waals surface area (Å²) >= 11 is 24.5. The molecule has 0 aliphatic heterocycles. The molecular formula is C21H16Cl4FNO2. The quantitative estimate of drug-likeness (QED) is 0.381. The first-order chi connectivity index (χ1) is 13.9. The summed E-state index contributed by atoms with van der Waals surface area (Å²) in [6.07, 6.45) is 0. The Morgan fingerprint density at radius 3 is 2.17 bits per heavy atom. The van der Waals surface area contributed by atoms with Crippen molar-refractivity contribution in [2.24, 2.45) is 0 Å². The van der Waals surface area contributed by atoms with Gasteiger partial charge in [-0.25, -0.2) is 4.39 Å². The van der Waals surface area contributed by atoms with E-state index in [2.05, 4.69) is 5.32 Å². The molecule has 0 aliphatic rings. The Bertz CT molecular complexity index is 1010. The number of benzene rings is 3. The maximum Gasteiger partial charge on any atom is 0.163 e. The van der Waals surface area contributed by atoms with Gasteiger partial charge >= 0.3 is 0 Å². The van der Waals surface area contributed by atoms with Crippen molar-refractivity contribution < 1.29 is 13.9 Å². The molecule has 0 unspecified atom stereocenters. The summed E-state index contributed by atoms with van der Waals surface area (Å²) in [7, 11) is 1.54. The van der Waals surface area contributed by atoms with Crippen molar-refractivity contribution in [3.8, 4) is 11.5 Å². The first-order valence-corrected chi connectivity index (χ1v) is 10.00. The third-order valence-corrected chi connectivity index (χ3v) is 5.22. The summed E-state index contributed by atoms with van der Waals surface area (Å²) in [5.41, 5.74) is 2.21. The van der Waals surface area contributed by atoms with Gasteiger partial charge < -0.3 is 14.8 Å². The molecular weight excluding hydrogens is 459 g/mol. The Hall–Kier alpha value is -1.85. The molecule has 3 rings (SSSR count). The largest absolute Gasteiger partial charge is 0.493 e. The van der Waals surface area contributed by atoms with E-state index in [-0.39, 0.29) is 11.6 Å². The summed E-state index contributed by atoms with van der Waals surface area (Å²) < 4.78 is 24.4. The second-order valence-corrected chi connectivity index (χ2v) is 7.82. The number of methoxy groups -OCH3 is 1. The first-order valence-electron chi connectivity index (χ1n) is 8.49. The van der Waals surface area contributed by atoms with Crippen molar-refractivity contribution in [2.45, 2.75) is 13.2 Å². The molecule has 0 heterocycles. The lowest BCUT2D eigenvalue weighted by atomic mass is 10.2. The SMILES string of the molecule is COc1cc(CNc2cc(Cl)cc(Cl)c2)c(Cl)cc1OCc1ccc(F)cc1Cl. The van der Waals surface area contributed by atoms with Crippen molar-refractivity contribution >= 4 is 52.1 Å². The van der Waals surface area contributed by atoms with E-state index in [0.717, 1.165) is 11.3 Å². The highest BCUT2D eigenvalue weighted by Gasteiger charge is 2.12. The van der Waals surface area contributed by atoms with E-state index in [1.54, 1.807) is 36.4 Å². The maximum atomic E-state index is 13.2.